The summed E-state index contributed by atoms with van der Waals surface area (Å²) in [7, 11) is 3.07. The number of benzene rings is 2. The first-order valence-corrected chi connectivity index (χ1v) is 9.79. The first-order chi connectivity index (χ1) is 14.8. The molecule has 9 heteroatoms. The first-order valence-electron chi connectivity index (χ1n) is 9.79. The topological polar surface area (TPSA) is 99.5 Å². The van der Waals surface area contributed by atoms with E-state index in [-0.39, 0.29) is 30.3 Å². The maximum absolute atomic E-state index is 14.1. The number of nitrogens with zero attached hydrogens (tertiary/aromatic N) is 3. The monoisotopic (exact) mass is 424 g/mol. The van der Waals surface area contributed by atoms with Crippen LogP contribution in [0.3, 0.4) is 0 Å². The second kappa shape index (κ2) is 7.82. The van der Waals surface area contributed by atoms with Gasteiger partial charge in [0.25, 0.3) is 5.69 Å². The summed E-state index contributed by atoms with van der Waals surface area (Å²) in [6, 6.07) is 9.26. The van der Waals surface area contributed by atoms with Crippen molar-refractivity contribution < 1.29 is 18.9 Å². The summed E-state index contributed by atoms with van der Waals surface area (Å²) in [5, 5.41) is 11.9. The van der Waals surface area contributed by atoms with E-state index in [0.717, 1.165) is 0 Å². The van der Waals surface area contributed by atoms with Crippen LogP contribution in [0.25, 0.3) is 10.9 Å². The van der Waals surface area contributed by atoms with Crippen molar-refractivity contribution in [1.82, 2.24) is 14.8 Å². The molecule has 1 N–H and O–H groups in total. The van der Waals surface area contributed by atoms with Crippen molar-refractivity contribution in [3.8, 4) is 0 Å². The summed E-state index contributed by atoms with van der Waals surface area (Å²) < 4.78 is 14.1. The molecule has 160 valence electrons. The number of rotatable bonds is 5. The molecule has 0 saturated carbocycles. The molecule has 2 amide bonds. The number of hydrogen-bond acceptors (Lipinski definition) is 4. The normalized spacial score (nSPS) is 19.3. The molecule has 2 aromatic carbocycles. The van der Waals surface area contributed by atoms with E-state index in [0.29, 0.717) is 22.0 Å². The number of nitrogens with one attached hydrogen (secondary N) is 1. The Labute approximate surface area is 177 Å². The molecule has 1 fully saturated rings. The average Bonchev–Trinajstić information content (AvgIpc) is 3.17. The molecule has 1 aliphatic heterocycles. The van der Waals surface area contributed by atoms with Crippen LogP contribution in [0.4, 0.5) is 10.1 Å². The molecule has 0 spiro atoms. The van der Waals surface area contributed by atoms with Crippen LogP contribution in [0.15, 0.2) is 48.7 Å². The average molecular weight is 424 g/mol. The number of carbonyl (C=O) groups excluding carboxylic acids is 2. The number of aromatic nitrogens is 1. The van der Waals surface area contributed by atoms with Crippen LogP contribution < -0.4 is 0 Å². The standard InChI is InChI=1S/C22H21FN4O4/c1-25-18(10-13-6-3-4-7-15(13)23)21(28)26(2)19(22(25)29)11-14-12-24-16-8-5-9-17(20(14)16)27(30)31/h3-9,12,18-19,24H,10-11H2,1-2H3/t18-,19-/m0/s1. The number of non-ortho nitro benzene ring substituents is 1. The van der Waals surface area contributed by atoms with E-state index >= 15 is 0 Å². The number of piperazine rings is 1. The van der Waals surface area contributed by atoms with Gasteiger partial charge in [0.05, 0.1) is 15.8 Å². The highest BCUT2D eigenvalue weighted by molar-refractivity contribution is 5.98. The number of fused-ring (bicyclic) bond motifs is 1. The molecule has 2 heterocycles. The van der Waals surface area contributed by atoms with Gasteiger partial charge in [0.2, 0.25) is 11.8 Å². The Morgan fingerprint density at radius 3 is 2.19 bits per heavy atom. The third kappa shape index (κ3) is 3.52. The minimum absolute atomic E-state index is 0.0585. The highest BCUT2D eigenvalue weighted by Crippen LogP contribution is 2.31. The second-order valence-corrected chi connectivity index (χ2v) is 7.70. The zero-order valence-electron chi connectivity index (χ0n) is 17.0. The van der Waals surface area contributed by atoms with E-state index in [2.05, 4.69) is 4.98 Å². The fourth-order valence-corrected chi connectivity index (χ4v) is 4.19. The maximum Gasteiger partial charge on any atom is 0.279 e. The van der Waals surface area contributed by atoms with Crippen LogP contribution >= 0.6 is 0 Å². The summed E-state index contributed by atoms with van der Waals surface area (Å²) in [6.45, 7) is 0. The maximum atomic E-state index is 14.1. The highest BCUT2D eigenvalue weighted by atomic mass is 19.1. The lowest BCUT2D eigenvalue weighted by atomic mass is 9.95. The van der Waals surface area contributed by atoms with Gasteiger partial charge in [0.15, 0.2) is 0 Å². The van der Waals surface area contributed by atoms with E-state index in [1.165, 1.54) is 36.0 Å². The zero-order chi connectivity index (χ0) is 22.3. The van der Waals surface area contributed by atoms with E-state index < -0.39 is 22.8 Å². The van der Waals surface area contributed by atoms with Gasteiger partial charge >= 0.3 is 0 Å². The molecule has 8 nitrogen and oxygen atoms in total. The lowest BCUT2D eigenvalue weighted by Crippen LogP contribution is -2.63. The van der Waals surface area contributed by atoms with E-state index in [1.807, 2.05) is 0 Å². The van der Waals surface area contributed by atoms with Gasteiger partial charge in [0.1, 0.15) is 17.9 Å². The van der Waals surface area contributed by atoms with Crippen molar-refractivity contribution in [2.75, 3.05) is 14.1 Å². The molecular weight excluding hydrogens is 403 g/mol. The summed E-state index contributed by atoms with van der Waals surface area (Å²) in [6.07, 6.45) is 1.83. The first kappa shape index (κ1) is 20.5. The number of nitro groups is 1. The Bertz CT molecular complexity index is 1190. The van der Waals surface area contributed by atoms with Crippen LogP contribution in [0.5, 0.6) is 0 Å². The molecule has 31 heavy (non-hydrogen) atoms. The van der Waals surface area contributed by atoms with Crippen molar-refractivity contribution in [2.24, 2.45) is 0 Å². The van der Waals surface area contributed by atoms with Gasteiger partial charge in [-0.1, -0.05) is 24.3 Å². The summed E-state index contributed by atoms with van der Waals surface area (Å²) >= 11 is 0. The molecular formula is C22H21FN4O4. The number of aromatic amines is 1. The van der Waals surface area contributed by atoms with Gasteiger partial charge in [0, 0.05) is 39.2 Å². The third-order valence-corrected chi connectivity index (χ3v) is 5.95. The number of amides is 2. The summed E-state index contributed by atoms with van der Waals surface area (Å²) in [5.74, 6) is -1.02. The number of nitro benzene ring substituents is 1. The van der Waals surface area contributed by atoms with E-state index in [9.17, 15) is 24.1 Å². The minimum atomic E-state index is -0.817. The predicted octanol–water partition coefficient (Wildman–Crippen LogP) is 2.67. The van der Waals surface area contributed by atoms with Crippen molar-refractivity contribution in [2.45, 2.75) is 24.9 Å². The molecule has 3 aromatic rings. The van der Waals surface area contributed by atoms with Gasteiger partial charge in [-0.15, -0.1) is 0 Å². The van der Waals surface area contributed by atoms with Crippen LogP contribution in [0.1, 0.15) is 11.1 Å². The van der Waals surface area contributed by atoms with Gasteiger partial charge in [-0.25, -0.2) is 4.39 Å². The lowest BCUT2D eigenvalue weighted by molar-refractivity contribution is -0.383. The SMILES string of the molecule is CN1C(=O)[C@H](Cc2c[nH]c3cccc([N+](=O)[O-])c23)N(C)C(=O)[C@@H]1Cc1ccccc1F. The van der Waals surface area contributed by atoms with Crippen LogP contribution in [-0.4, -0.2) is 57.7 Å². The molecule has 1 saturated heterocycles. The Kier molecular flexibility index (Phi) is 5.18. The molecule has 0 aliphatic carbocycles. The van der Waals surface area contributed by atoms with Crippen LogP contribution in [0, 0.1) is 15.9 Å². The van der Waals surface area contributed by atoms with Crippen molar-refractivity contribution in [1.29, 1.82) is 0 Å². The van der Waals surface area contributed by atoms with Crippen LogP contribution in [-0.2, 0) is 22.4 Å². The highest BCUT2D eigenvalue weighted by Gasteiger charge is 2.43. The van der Waals surface area contributed by atoms with E-state index in [1.54, 1.807) is 36.5 Å². The molecule has 4 rings (SSSR count). The zero-order valence-corrected chi connectivity index (χ0v) is 17.0. The Hall–Kier alpha value is -3.75. The molecule has 0 unspecified atom stereocenters. The van der Waals surface area contributed by atoms with Gasteiger partial charge in [-0.05, 0) is 23.3 Å². The predicted molar refractivity (Wildman–Crippen MR) is 112 cm³/mol. The summed E-state index contributed by atoms with van der Waals surface area (Å²) in [4.78, 5) is 42.9. The minimum Gasteiger partial charge on any atom is -0.361 e. The summed E-state index contributed by atoms with van der Waals surface area (Å²) in [5.41, 5.74) is 1.48. The quantitative estimate of drug-likeness (QED) is 0.503. The largest absolute Gasteiger partial charge is 0.361 e. The number of hydrogen-bond donors (Lipinski definition) is 1. The van der Waals surface area contributed by atoms with Crippen molar-refractivity contribution in [3.05, 3.63) is 75.7 Å². The molecule has 0 radical (unpaired) electrons. The Morgan fingerprint density at radius 1 is 0.968 bits per heavy atom. The van der Waals surface area contributed by atoms with Gasteiger partial charge in [-0.2, -0.15) is 0 Å². The van der Waals surface area contributed by atoms with Gasteiger partial charge < -0.3 is 14.8 Å². The molecule has 0 bridgehead atoms. The second-order valence-electron chi connectivity index (χ2n) is 7.70. The number of likely N-dealkylation sites (N-methyl/N-ethyl adjacent to an activating group) is 2. The van der Waals surface area contributed by atoms with Crippen molar-refractivity contribution >= 4 is 28.4 Å². The Morgan fingerprint density at radius 2 is 1.58 bits per heavy atom. The third-order valence-electron chi connectivity index (χ3n) is 5.95. The van der Waals surface area contributed by atoms with Gasteiger partial charge in [-0.3, -0.25) is 19.7 Å². The fourth-order valence-electron chi connectivity index (χ4n) is 4.19. The number of carbonyl (C=O) groups is 2. The fraction of sp³-hybridized carbons (Fsp3) is 0.273. The van der Waals surface area contributed by atoms with Crippen molar-refractivity contribution in [3.63, 3.8) is 0 Å². The molecule has 1 aromatic heterocycles. The molecule has 1 aliphatic rings. The smallest absolute Gasteiger partial charge is 0.279 e. The van der Waals surface area contributed by atoms with Crippen LogP contribution in [0.2, 0.25) is 0 Å². The Balaban J connectivity index is 1.63. The number of H-pyrrole nitrogens is 1. The van der Waals surface area contributed by atoms with E-state index in [4.69, 9.17) is 0 Å². The lowest BCUT2D eigenvalue weighted by Gasteiger charge is -2.42. The molecule has 2 atom stereocenters. The number of halogens is 1.